The zero-order valence-electron chi connectivity index (χ0n) is 21.5. The van der Waals surface area contributed by atoms with Crippen LogP contribution < -0.4 is 10.6 Å². The highest BCUT2D eigenvalue weighted by Gasteiger charge is 2.03. The standard InChI is InChI=1S/C30H42N2O4/c33-29(31-27-21-15-13-16-22-27)35-25-19-11-9-7-5-3-1-2-4-6-8-10-12-20-26-36-30(34)32-28-23-17-14-18-24-28/h1-2,13-18,21-24H,3-12,19-20,25-26H2,(H,31,33)(H,32,34)/b2-1+. The summed E-state index contributed by atoms with van der Waals surface area (Å²) in [5.74, 6) is 0. The Morgan fingerprint density at radius 1 is 0.528 bits per heavy atom. The van der Waals surface area contributed by atoms with Gasteiger partial charge in [-0.25, -0.2) is 9.59 Å². The van der Waals surface area contributed by atoms with E-state index in [2.05, 4.69) is 22.8 Å². The summed E-state index contributed by atoms with van der Waals surface area (Å²) in [5, 5.41) is 5.44. The first-order valence-electron chi connectivity index (χ1n) is 13.4. The van der Waals surface area contributed by atoms with Gasteiger partial charge in [0.1, 0.15) is 0 Å². The van der Waals surface area contributed by atoms with Gasteiger partial charge in [-0.2, -0.15) is 0 Å². The SMILES string of the molecule is O=C(Nc1ccccc1)OCCCCCCC/C=C/CCCCCCCOC(=O)Nc1ccccc1. The maximum Gasteiger partial charge on any atom is 0.411 e. The number of para-hydroxylation sites is 2. The molecule has 6 nitrogen and oxygen atoms in total. The van der Waals surface area contributed by atoms with Crippen molar-refractivity contribution >= 4 is 23.6 Å². The second-order valence-electron chi connectivity index (χ2n) is 8.84. The van der Waals surface area contributed by atoms with E-state index in [1.807, 2.05) is 60.7 Å². The van der Waals surface area contributed by atoms with E-state index in [-0.39, 0.29) is 12.2 Å². The summed E-state index contributed by atoms with van der Waals surface area (Å²) in [6.45, 7) is 0.935. The minimum atomic E-state index is -0.385. The van der Waals surface area contributed by atoms with Crippen molar-refractivity contribution in [2.75, 3.05) is 23.8 Å². The average Bonchev–Trinajstić information content (AvgIpc) is 2.89. The van der Waals surface area contributed by atoms with Crippen LogP contribution in [0.15, 0.2) is 72.8 Å². The van der Waals surface area contributed by atoms with Crippen molar-refractivity contribution in [3.63, 3.8) is 0 Å². The monoisotopic (exact) mass is 494 g/mol. The Kier molecular flexibility index (Phi) is 16.1. The Bertz CT molecular complexity index is 784. The second-order valence-corrected chi connectivity index (χ2v) is 8.84. The molecule has 0 bridgehead atoms. The molecule has 0 atom stereocenters. The molecule has 0 saturated heterocycles. The van der Waals surface area contributed by atoms with Gasteiger partial charge in [0.2, 0.25) is 0 Å². The van der Waals surface area contributed by atoms with Gasteiger partial charge < -0.3 is 9.47 Å². The maximum atomic E-state index is 11.7. The molecule has 36 heavy (non-hydrogen) atoms. The molecule has 2 rings (SSSR count). The van der Waals surface area contributed by atoms with Crippen LogP contribution in [0, 0.1) is 0 Å². The smallest absolute Gasteiger partial charge is 0.411 e. The summed E-state index contributed by atoms with van der Waals surface area (Å²) in [4.78, 5) is 23.4. The maximum absolute atomic E-state index is 11.7. The fraction of sp³-hybridized carbons (Fsp3) is 0.467. The van der Waals surface area contributed by atoms with Crippen LogP contribution in [0.4, 0.5) is 21.0 Å². The van der Waals surface area contributed by atoms with Crippen molar-refractivity contribution in [3.8, 4) is 0 Å². The van der Waals surface area contributed by atoms with E-state index in [0.29, 0.717) is 13.2 Å². The van der Waals surface area contributed by atoms with Crippen LogP contribution in [0.2, 0.25) is 0 Å². The Balaban J connectivity index is 1.28. The van der Waals surface area contributed by atoms with Gasteiger partial charge in [0.25, 0.3) is 0 Å². The number of nitrogens with one attached hydrogen (secondary N) is 2. The van der Waals surface area contributed by atoms with Crippen molar-refractivity contribution in [2.45, 2.75) is 77.0 Å². The Hall–Kier alpha value is -3.28. The molecule has 2 aromatic rings. The molecule has 196 valence electrons. The number of rotatable bonds is 18. The first-order valence-corrected chi connectivity index (χ1v) is 13.4. The van der Waals surface area contributed by atoms with E-state index >= 15 is 0 Å². The lowest BCUT2D eigenvalue weighted by molar-refractivity contribution is 0.158. The number of ether oxygens (including phenoxy) is 2. The number of allylic oxidation sites excluding steroid dienone is 2. The summed E-state index contributed by atoms with van der Waals surface area (Å²) in [6.07, 6.45) is 17.3. The first-order chi connectivity index (χ1) is 17.7. The highest BCUT2D eigenvalue weighted by molar-refractivity contribution is 5.84. The van der Waals surface area contributed by atoms with E-state index in [0.717, 1.165) is 49.9 Å². The number of hydrogen-bond acceptors (Lipinski definition) is 4. The van der Waals surface area contributed by atoms with Crippen LogP contribution in [-0.2, 0) is 9.47 Å². The molecule has 0 saturated carbocycles. The van der Waals surface area contributed by atoms with Crippen LogP contribution in [-0.4, -0.2) is 25.4 Å². The quantitative estimate of drug-likeness (QED) is 0.160. The fourth-order valence-electron chi connectivity index (χ4n) is 3.71. The highest BCUT2D eigenvalue weighted by Crippen LogP contribution is 2.10. The molecule has 0 unspecified atom stereocenters. The van der Waals surface area contributed by atoms with Crippen molar-refractivity contribution < 1.29 is 19.1 Å². The third-order valence-electron chi connectivity index (χ3n) is 5.70. The summed E-state index contributed by atoms with van der Waals surface area (Å²) >= 11 is 0. The average molecular weight is 495 g/mol. The van der Waals surface area contributed by atoms with Gasteiger partial charge in [0, 0.05) is 11.4 Å². The van der Waals surface area contributed by atoms with E-state index in [1.165, 1.54) is 38.5 Å². The van der Waals surface area contributed by atoms with E-state index < -0.39 is 0 Å². The Morgan fingerprint density at radius 2 is 0.889 bits per heavy atom. The molecule has 0 aliphatic carbocycles. The first kappa shape index (κ1) is 29.0. The summed E-state index contributed by atoms with van der Waals surface area (Å²) < 4.78 is 10.4. The molecule has 0 spiro atoms. The molecule has 0 aromatic heterocycles. The lowest BCUT2D eigenvalue weighted by atomic mass is 10.1. The molecule has 6 heteroatoms. The number of unbranched alkanes of at least 4 members (excludes halogenated alkanes) is 10. The largest absolute Gasteiger partial charge is 0.449 e. The van der Waals surface area contributed by atoms with Crippen molar-refractivity contribution in [1.29, 1.82) is 0 Å². The number of carbonyl (C=O) groups is 2. The van der Waals surface area contributed by atoms with Gasteiger partial charge in [-0.15, -0.1) is 0 Å². The molecular formula is C30H42N2O4. The fourth-order valence-corrected chi connectivity index (χ4v) is 3.71. The van der Waals surface area contributed by atoms with Crippen molar-refractivity contribution in [3.05, 3.63) is 72.8 Å². The van der Waals surface area contributed by atoms with Crippen LogP contribution in [0.5, 0.6) is 0 Å². The number of hydrogen-bond donors (Lipinski definition) is 2. The molecule has 2 amide bonds. The minimum absolute atomic E-state index is 0.385. The van der Waals surface area contributed by atoms with E-state index in [9.17, 15) is 9.59 Å². The van der Waals surface area contributed by atoms with Gasteiger partial charge in [-0.1, -0.05) is 87.1 Å². The molecular weight excluding hydrogens is 452 g/mol. The lowest BCUT2D eigenvalue weighted by Gasteiger charge is -2.06. The topological polar surface area (TPSA) is 76.7 Å². The van der Waals surface area contributed by atoms with Gasteiger partial charge in [-0.3, -0.25) is 10.6 Å². The van der Waals surface area contributed by atoms with E-state index in [1.54, 1.807) is 0 Å². The molecule has 2 aromatic carbocycles. The predicted molar refractivity (Wildman–Crippen MR) is 147 cm³/mol. The van der Waals surface area contributed by atoms with E-state index in [4.69, 9.17) is 9.47 Å². The molecule has 0 fully saturated rings. The molecule has 0 radical (unpaired) electrons. The van der Waals surface area contributed by atoms with Crippen molar-refractivity contribution in [1.82, 2.24) is 0 Å². The molecule has 0 aliphatic rings. The summed E-state index contributed by atoms with van der Waals surface area (Å²) in [7, 11) is 0. The molecule has 2 N–H and O–H groups in total. The number of anilines is 2. The normalized spacial score (nSPS) is 10.8. The van der Waals surface area contributed by atoms with Crippen LogP contribution >= 0.6 is 0 Å². The van der Waals surface area contributed by atoms with Gasteiger partial charge in [0.15, 0.2) is 0 Å². The predicted octanol–water partition coefficient (Wildman–Crippen LogP) is 8.72. The van der Waals surface area contributed by atoms with Gasteiger partial charge >= 0.3 is 12.2 Å². The van der Waals surface area contributed by atoms with Crippen molar-refractivity contribution in [2.24, 2.45) is 0 Å². The Labute approximate surface area is 216 Å². The summed E-state index contributed by atoms with van der Waals surface area (Å²) in [6, 6.07) is 18.7. The van der Waals surface area contributed by atoms with Crippen LogP contribution in [0.1, 0.15) is 77.0 Å². The molecule has 0 heterocycles. The van der Waals surface area contributed by atoms with Gasteiger partial charge in [-0.05, 0) is 62.8 Å². The van der Waals surface area contributed by atoms with Crippen LogP contribution in [0.25, 0.3) is 0 Å². The number of carbonyl (C=O) groups excluding carboxylic acids is 2. The minimum Gasteiger partial charge on any atom is -0.449 e. The molecule has 0 aliphatic heterocycles. The number of benzene rings is 2. The van der Waals surface area contributed by atoms with Crippen LogP contribution in [0.3, 0.4) is 0 Å². The third kappa shape index (κ3) is 15.6. The number of amides is 2. The second kappa shape index (κ2) is 20.0. The summed E-state index contributed by atoms with van der Waals surface area (Å²) in [5.41, 5.74) is 1.51. The van der Waals surface area contributed by atoms with Gasteiger partial charge in [0.05, 0.1) is 13.2 Å². The Morgan fingerprint density at radius 3 is 1.31 bits per heavy atom. The zero-order valence-corrected chi connectivity index (χ0v) is 21.5. The third-order valence-corrected chi connectivity index (χ3v) is 5.70. The zero-order chi connectivity index (χ0) is 25.5. The lowest BCUT2D eigenvalue weighted by Crippen LogP contribution is -2.14. The highest BCUT2D eigenvalue weighted by atomic mass is 16.6.